The van der Waals surface area contributed by atoms with Gasteiger partial charge in [-0.3, -0.25) is 4.79 Å². The number of halogens is 3. The van der Waals surface area contributed by atoms with Crippen LogP contribution in [-0.2, 0) is 5.92 Å². The summed E-state index contributed by atoms with van der Waals surface area (Å²) in [6.07, 6.45) is 6.14. The first-order valence-corrected chi connectivity index (χ1v) is 12.0. The summed E-state index contributed by atoms with van der Waals surface area (Å²) in [5.74, 6) is -2.87. The van der Waals surface area contributed by atoms with Gasteiger partial charge in [0.05, 0.1) is 16.8 Å². The highest BCUT2D eigenvalue weighted by Crippen LogP contribution is 2.40. The van der Waals surface area contributed by atoms with Crippen LogP contribution in [0.15, 0.2) is 94.1 Å². The number of aryl methyl sites for hydroxylation is 1. The van der Waals surface area contributed by atoms with E-state index in [9.17, 15) is 9.59 Å². The van der Waals surface area contributed by atoms with E-state index >= 15 is 8.78 Å². The Bertz CT molecular complexity index is 1500. The first kappa shape index (κ1) is 24.0. The molecule has 1 aromatic heterocycles. The van der Waals surface area contributed by atoms with Crippen molar-refractivity contribution in [2.45, 2.75) is 37.2 Å². The first-order valence-electron chi connectivity index (χ1n) is 11.6. The Morgan fingerprint density at radius 1 is 1.11 bits per heavy atom. The molecule has 2 atom stereocenters. The molecule has 0 fully saturated rings. The number of nitrogens with one attached hydrogen (secondary N) is 1. The van der Waals surface area contributed by atoms with E-state index in [0.717, 1.165) is 16.2 Å². The van der Waals surface area contributed by atoms with Crippen molar-refractivity contribution in [2.24, 2.45) is 0 Å². The number of aromatic amines is 1. The van der Waals surface area contributed by atoms with Crippen molar-refractivity contribution < 1.29 is 13.5 Å². The normalized spacial score (nSPS) is 19.3. The number of para-hydroxylation sites is 1. The zero-order valence-electron chi connectivity index (χ0n) is 19.4. The molecule has 0 radical (unpaired) electrons. The fourth-order valence-electron chi connectivity index (χ4n) is 4.53. The first-order chi connectivity index (χ1) is 17.3. The lowest BCUT2D eigenvalue weighted by Gasteiger charge is -2.30. The summed E-state index contributed by atoms with van der Waals surface area (Å²) in [6.45, 7) is 1.89. The summed E-state index contributed by atoms with van der Waals surface area (Å²) in [4.78, 5) is 28.5. The number of hydrogen-bond acceptors (Lipinski definition) is 3. The molecule has 2 aliphatic carbocycles. The van der Waals surface area contributed by atoms with E-state index in [-0.39, 0.29) is 17.7 Å². The van der Waals surface area contributed by atoms with Crippen molar-refractivity contribution in [3.05, 3.63) is 128 Å². The Morgan fingerprint density at radius 3 is 2.58 bits per heavy atom. The fourth-order valence-corrected chi connectivity index (χ4v) is 4.85. The highest BCUT2D eigenvalue weighted by atomic mass is 35.5. The largest absolute Gasteiger partial charge is 0.484 e. The second-order valence-corrected chi connectivity index (χ2v) is 9.25. The maximum Gasteiger partial charge on any atom is 0.333 e. The lowest BCUT2D eigenvalue weighted by atomic mass is 9.92. The molecule has 0 spiro atoms. The van der Waals surface area contributed by atoms with Gasteiger partial charge in [-0.15, -0.1) is 11.6 Å². The van der Waals surface area contributed by atoms with Crippen LogP contribution in [0.1, 0.15) is 40.6 Å². The number of aromatic nitrogens is 2. The van der Waals surface area contributed by atoms with E-state index in [0.29, 0.717) is 23.3 Å². The summed E-state index contributed by atoms with van der Waals surface area (Å²) in [5.41, 5.74) is -0.397. The van der Waals surface area contributed by atoms with Gasteiger partial charge in [-0.2, -0.15) is 8.78 Å². The van der Waals surface area contributed by atoms with Gasteiger partial charge in [-0.25, -0.2) is 9.36 Å². The number of allylic oxidation sites excluding steroid dienone is 4. The molecule has 0 saturated carbocycles. The van der Waals surface area contributed by atoms with Crippen LogP contribution in [0.4, 0.5) is 8.78 Å². The number of ether oxygens (including phenoxy) is 1. The number of H-pyrrole nitrogens is 1. The maximum atomic E-state index is 15.1. The molecule has 5 nitrogen and oxygen atoms in total. The molecule has 36 heavy (non-hydrogen) atoms. The number of rotatable bonds is 5. The van der Waals surface area contributed by atoms with E-state index in [1.54, 1.807) is 48.6 Å². The lowest BCUT2D eigenvalue weighted by molar-refractivity contribution is 0.0287. The smallest absolute Gasteiger partial charge is 0.333 e. The third-order valence-corrected chi connectivity index (χ3v) is 6.91. The van der Waals surface area contributed by atoms with Crippen LogP contribution in [0.5, 0.6) is 5.75 Å². The summed E-state index contributed by atoms with van der Waals surface area (Å²) >= 11 is 6.77. The number of hydrogen-bond donors (Lipinski definition) is 1. The molecular formula is C28H23ClF2N2O3. The molecule has 184 valence electrons. The van der Waals surface area contributed by atoms with Gasteiger partial charge >= 0.3 is 11.6 Å². The van der Waals surface area contributed by atoms with Gasteiger partial charge in [-0.1, -0.05) is 60.7 Å². The lowest BCUT2D eigenvalue weighted by Crippen LogP contribution is -2.39. The van der Waals surface area contributed by atoms with E-state index in [1.165, 1.54) is 6.08 Å². The maximum absolute atomic E-state index is 15.1. The minimum Gasteiger partial charge on any atom is -0.484 e. The predicted molar refractivity (Wildman–Crippen MR) is 136 cm³/mol. The molecule has 0 saturated heterocycles. The van der Waals surface area contributed by atoms with Crippen LogP contribution in [0, 0.1) is 6.92 Å². The van der Waals surface area contributed by atoms with E-state index in [2.05, 4.69) is 4.98 Å². The SMILES string of the molecule is Cc1ccccc1OC1C=C(n2c(=O)cc(C(F)(F)C3=CC=CCC3)[nH]c2=O)c2ccccc2C1Cl. The second kappa shape index (κ2) is 9.39. The molecule has 0 aliphatic heterocycles. The topological polar surface area (TPSA) is 64.1 Å². The Labute approximate surface area is 211 Å². The minimum atomic E-state index is -3.47. The van der Waals surface area contributed by atoms with Crippen LogP contribution in [-0.4, -0.2) is 15.7 Å². The van der Waals surface area contributed by atoms with Crippen molar-refractivity contribution in [1.82, 2.24) is 9.55 Å². The third kappa shape index (κ3) is 4.24. The van der Waals surface area contributed by atoms with E-state index < -0.39 is 34.3 Å². The van der Waals surface area contributed by atoms with Crippen molar-refractivity contribution >= 4 is 17.3 Å². The van der Waals surface area contributed by atoms with Gasteiger partial charge in [0.2, 0.25) is 0 Å². The van der Waals surface area contributed by atoms with Gasteiger partial charge < -0.3 is 9.72 Å². The fraction of sp³-hybridized carbons (Fsp3) is 0.214. The molecule has 1 heterocycles. The molecule has 2 aliphatic rings. The highest BCUT2D eigenvalue weighted by molar-refractivity contribution is 6.22. The van der Waals surface area contributed by atoms with Crippen LogP contribution < -0.4 is 16.0 Å². The van der Waals surface area contributed by atoms with Gasteiger partial charge in [0.25, 0.3) is 5.56 Å². The zero-order valence-corrected chi connectivity index (χ0v) is 20.1. The number of alkyl halides is 3. The van der Waals surface area contributed by atoms with Crippen LogP contribution in [0.25, 0.3) is 5.70 Å². The van der Waals surface area contributed by atoms with Crippen LogP contribution in [0.2, 0.25) is 0 Å². The van der Waals surface area contributed by atoms with E-state index in [1.807, 2.05) is 25.1 Å². The molecule has 3 aromatic rings. The van der Waals surface area contributed by atoms with Gasteiger partial charge in [0, 0.05) is 17.2 Å². The molecule has 0 bridgehead atoms. The van der Waals surface area contributed by atoms with Gasteiger partial charge in [-0.05, 0) is 43.0 Å². The average molecular weight is 509 g/mol. The standard InChI is InChI=1S/C28H23ClF2N2O3/c1-17-9-5-8-14-22(17)36-23-15-21(19-12-6-7-13-20(19)26(23)29)33-25(34)16-24(32-27(33)35)28(30,31)18-10-3-2-4-11-18/h2-3,5-10,12-16,23,26H,4,11H2,1H3,(H,32,35). The van der Waals surface area contributed by atoms with Crippen molar-refractivity contribution in [2.75, 3.05) is 0 Å². The Hall–Kier alpha value is -3.71. The van der Waals surface area contributed by atoms with Crippen LogP contribution in [0.3, 0.4) is 0 Å². The molecule has 1 N–H and O–H groups in total. The van der Waals surface area contributed by atoms with Gasteiger partial charge in [0.15, 0.2) is 0 Å². The van der Waals surface area contributed by atoms with Crippen molar-refractivity contribution in [3.63, 3.8) is 0 Å². The monoisotopic (exact) mass is 508 g/mol. The molecular weight excluding hydrogens is 486 g/mol. The van der Waals surface area contributed by atoms with Crippen LogP contribution >= 0.6 is 11.6 Å². The minimum absolute atomic E-state index is 0.141. The third-order valence-electron chi connectivity index (χ3n) is 6.43. The molecule has 2 aromatic carbocycles. The summed E-state index contributed by atoms with van der Waals surface area (Å²) in [7, 11) is 0. The predicted octanol–water partition coefficient (Wildman–Crippen LogP) is 5.84. The Balaban J connectivity index is 1.62. The molecule has 5 rings (SSSR count). The Morgan fingerprint density at radius 2 is 1.86 bits per heavy atom. The molecule has 0 amide bonds. The highest BCUT2D eigenvalue weighted by Gasteiger charge is 2.39. The number of nitrogens with zero attached hydrogens (tertiary/aromatic N) is 1. The summed E-state index contributed by atoms with van der Waals surface area (Å²) in [5, 5.41) is -0.603. The number of benzene rings is 2. The quantitative estimate of drug-likeness (QED) is 0.440. The Kier molecular flexibility index (Phi) is 6.26. The van der Waals surface area contributed by atoms with Crippen molar-refractivity contribution in [3.8, 4) is 5.75 Å². The van der Waals surface area contributed by atoms with Gasteiger partial charge in [0.1, 0.15) is 11.9 Å². The van der Waals surface area contributed by atoms with E-state index in [4.69, 9.17) is 16.3 Å². The summed E-state index contributed by atoms with van der Waals surface area (Å²) in [6, 6.07) is 15.3. The average Bonchev–Trinajstić information content (AvgIpc) is 2.88. The summed E-state index contributed by atoms with van der Waals surface area (Å²) < 4.78 is 37.3. The molecule has 8 heteroatoms. The zero-order chi connectivity index (χ0) is 25.4. The second-order valence-electron chi connectivity index (χ2n) is 8.78. The van der Waals surface area contributed by atoms with Crippen molar-refractivity contribution in [1.29, 1.82) is 0 Å². The molecule has 2 unspecified atom stereocenters. The number of fused-ring (bicyclic) bond motifs is 1.